The molecule has 0 N–H and O–H groups in total. The van der Waals surface area contributed by atoms with E-state index in [-0.39, 0.29) is 24.8 Å². The second kappa shape index (κ2) is 7.84. The Morgan fingerprint density at radius 1 is 1.19 bits per heavy atom. The molecular weight excluding hydrogens is 377 g/mol. The third kappa shape index (κ3) is 3.81. The first-order valence-corrected chi connectivity index (χ1v) is 9.48. The molecule has 0 bridgehead atoms. The van der Waals surface area contributed by atoms with Gasteiger partial charge in [-0.2, -0.15) is 0 Å². The highest BCUT2D eigenvalue weighted by Crippen LogP contribution is 2.34. The molecular formula is C18H21Cl2N3O3. The fourth-order valence-electron chi connectivity index (χ4n) is 3.45. The van der Waals surface area contributed by atoms with Crippen LogP contribution in [-0.2, 0) is 14.4 Å². The third-order valence-corrected chi connectivity index (χ3v) is 5.58. The standard InChI is InChI=1S/C18H21Cl2N3O3/c1-2-16(24)22-7-5-21(6-8-22)15-4-3-13(10-14(15)19)23-11-12(18(20)26)9-17(23)25/h3-4,10,12H,2,5-9,11H2,1H3/t12-/m0/s1. The van der Waals surface area contributed by atoms with Crippen LogP contribution in [0.3, 0.4) is 0 Å². The Balaban J connectivity index is 1.70. The van der Waals surface area contributed by atoms with Gasteiger partial charge in [-0.05, 0) is 29.8 Å². The van der Waals surface area contributed by atoms with Crippen LogP contribution in [0.2, 0.25) is 5.02 Å². The van der Waals surface area contributed by atoms with Crippen molar-refractivity contribution >= 4 is 51.6 Å². The molecule has 0 unspecified atom stereocenters. The largest absolute Gasteiger partial charge is 0.367 e. The van der Waals surface area contributed by atoms with Crippen LogP contribution in [-0.4, -0.2) is 54.7 Å². The Labute approximate surface area is 162 Å². The van der Waals surface area contributed by atoms with Gasteiger partial charge >= 0.3 is 0 Å². The summed E-state index contributed by atoms with van der Waals surface area (Å²) >= 11 is 12.0. The molecule has 1 atom stereocenters. The zero-order valence-corrected chi connectivity index (χ0v) is 16.1. The molecule has 2 fully saturated rings. The number of carbonyl (C=O) groups excluding carboxylic acids is 3. The lowest BCUT2D eigenvalue weighted by molar-refractivity contribution is -0.131. The predicted molar refractivity (Wildman–Crippen MR) is 102 cm³/mol. The van der Waals surface area contributed by atoms with Gasteiger partial charge in [0.05, 0.1) is 16.6 Å². The van der Waals surface area contributed by atoms with Gasteiger partial charge in [-0.3, -0.25) is 14.4 Å². The maximum Gasteiger partial charge on any atom is 0.227 e. The van der Waals surface area contributed by atoms with E-state index in [0.29, 0.717) is 30.2 Å². The van der Waals surface area contributed by atoms with Gasteiger partial charge < -0.3 is 14.7 Å². The van der Waals surface area contributed by atoms with Crippen molar-refractivity contribution in [2.45, 2.75) is 19.8 Å². The number of hydrogen-bond donors (Lipinski definition) is 0. The van der Waals surface area contributed by atoms with Gasteiger partial charge in [0.1, 0.15) is 0 Å². The van der Waals surface area contributed by atoms with Crippen molar-refractivity contribution in [3.63, 3.8) is 0 Å². The van der Waals surface area contributed by atoms with Crippen LogP contribution < -0.4 is 9.80 Å². The first-order chi connectivity index (χ1) is 12.4. The molecule has 1 aromatic carbocycles. The normalized spacial score (nSPS) is 20.7. The average molecular weight is 398 g/mol. The molecule has 6 nitrogen and oxygen atoms in total. The number of rotatable bonds is 4. The number of benzene rings is 1. The van der Waals surface area contributed by atoms with E-state index in [1.54, 1.807) is 11.0 Å². The number of hydrogen-bond acceptors (Lipinski definition) is 4. The zero-order chi connectivity index (χ0) is 18.8. The van der Waals surface area contributed by atoms with Crippen LogP contribution in [0.25, 0.3) is 0 Å². The summed E-state index contributed by atoms with van der Waals surface area (Å²) in [5.74, 6) is -0.423. The third-order valence-electron chi connectivity index (χ3n) is 4.96. The summed E-state index contributed by atoms with van der Waals surface area (Å²) in [6.07, 6.45) is 0.653. The smallest absolute Gasteiger partial charge is 0.227 e. The molecule has 0 saturated carbocycles. The second-order valence-electron chi connectivity index (χ2n) is 6.57. The van der Waals surface area contributed by atoms with E-state index in [1.807, 2.05) is 24.0 Å². The van der Waals surface area contributed by atoms with Crippen molar-refractivity contribution in [2.75, 3.05) is 42.5 Å². The van der Waals surface area contributed by atoms with Crippen molar-refractivity contribution < 1.29 is 14.4 Å². The number of carbonyl (C=O) groups is 3. The molecule has 8 heteroatoms. The van der Waals surface area contributed by atoms with Crippen molar-refractivity contribution in [2.24, 2.45) is 5.92 Å². The summed E-state index contributed by atoms with van der Waals surface area (Å²) in [4.78, 5) is 40.8. The Bertz CT molecular complexity index is 732. The highest BCUT2D eigenvalue weighted by atomic mass is 35.5. The molecule has 0 aliphatic carbocycles. The van der Waals surface area contributed by atoms with Crippen LogP contribution in [0.1, 0.15) is 19.8 Å². The lowest BCUT2D eigenvalue weighted by Gasteiger charge is -2.36. The van der Waals surface area contributed by atoms with Gasteiger partial charge in [-0.1, -0.05) is 18.5 Å². The van der Waals surface area contributed by atoms with Crippen LogP contribution in [0.4, 0.5) is 11.4 Å². The summed E-state index contributed by atoms with van der Waals surface area (Å²) in [7, 11) is 0. The molecule has 0 spiro atoms. The van der Waals surface area contributed by atoms with Crippen LogP contribution in [0, 0.1) is 5.92 Å². The lowest BCUT2D eigenvalue weighted by Crippen LogP contribution is -2.48. The minimum atomic E-state index is -0.483. The summed E-state index contributed by atoms with van der Waals surface area (Å²) < 4.78 is 0. The number of anilines is 2. The van der Waals surface area contributed by atoms with E-state index in [4.69, 9.17) is 23.2 Å². The number of halogens is 2. The molecule has 140 valence electrons. The van der Waals surface area contributed by atoms with Crippen molar-refractivity contribution in [1.29, 1.82) is 0 Å². The van der Waals surface area contributed by atoms with Crippen LogP contribution >= 0.6 is 23.2 Å². The van der Waals surface area contributed by atoms with E-state index in [0.717, 1.165) is 18.8 Å². The fourth-order valence-corrected chi connectivity index (χ4v) is 3.89. The molecule has 2 amide bonds. The fraction of sp³-hybridized carbons (Fsp3) is 0.500. The predicted octanol–water partition coefficient (Wildman–Crippen LogP) is 2.52. The van der Waals surface area contributed by atoms with E-state index in [1.165, 1.54) is 0 Å². The average Bonchev–Trinajstić information content (AvgIpc) is 3.03. The highest BCUT2D eigenvalue weighted by molar-refractivity contribution is 6.64. The molecule has 2 aliphatic heterocycles. The maximum absolute atomic E-state index is 12.1. The first-order valence-electron chi connectivity index (χ1n) is 8.72. The van der Waals surface area contributed by atoms with Gasteiger partial charge in [-0.15, -0.1) is 0 Å². The van der Waals surface area contributed by atoms with Gasteiger partial charge in [0, 0.05) is 51.3 Å². The molecule has 1 aromatic rings. The van der Waals surface area contributed by atoms with Crippen molar-refractivity contribution in [1.82, 2.24) is 4.90 Å². The monoisotopic (exact) mass is 397 g/mol. The van der Waals surface area contributed by atoms with E-state index >= 15 is 0 Å². The SMILES string of the molecule is CCC(=O)N1CCN(c2ccc(N3C[C@@H](C(=O)Cl)CC3=O)cc2Cl)CC1. The summed E-state index contributed by atoms with van der Waals surface area (Å²) in [5.41, 5.74) is 1.56. The highest BCUT2D eigenvalue weighted by Gasteiger charge is 2.34. The molecule has 0 radical (unpaired) electrons. The van der Waals surface area contributed by atoms with Crippen molar-refractivity contribution in [3.05, 3.63) is 23.2 Å². The summed E-state index contributed by atoms with van der Waals surface area (Å²) in [5, 5.41) is 0.0642. The molecule has 2 heterocycles. The van der Waals surface area contributed by atoms with Gasteiger partial charge in [0.2, 0.25) is 17.1 Å². The Morgan fingerprint density at radius 2 is 1.88 bits per heavy atom. The van der Waals surface area contributed by atoms with Gasteiger partial charge in [0.25, 0.3) is 0 Å². The Kier molecular flexibility index (Phi) is 5.73. The van der Waals surface area contributed by atoms with Crippen LogP contribution in [0.15, 0.2) is 18.2 Å². The van der Waals surface area contributed by atoms with E-state index in [9.17, 15) is 14.4 Å². The Morgan fingerprint density at radius 3 is 2.42 bits per heavy atom. The van der Waals surface area contributed by atoms with Crippen LogP contribution in [0.5, 0.6) is 0 Å². The number of amides is 2. The minimum Gasteiger partial charge on any atom is -0.367 e. The molecule has 3 rings (SSSR count). The topological polar surface area (TPSA) is 60.9 Å². The second-order valence-corrected chi connectivity index (χ2v) is 7.35. The summed E-state index contributed by atoms with van der Waals surface area (Å²) in [6.45, 7) is 4.94. The van der Waals surface area contributed by atoms with Crippen molar-refractivity contribution in [3.8, 4) is 0 Å². The lowest BCUT2D eigenvalue weighted by atomic mass is 10.1. The molecule has 2 saturated heterocycles. The first kappa shape index (κ1) is 19.0. The number of nitrogens with zero attached hydrogens (tertiary/aromatic N) is 3. The quantitative estimate of drug-likeness (QED) is 0.732. The van der Waals surface area contributed by atoms with Gasteiger partial charge in [-0.25, -0.2) is 0 Å². The van der Waals surface area contributed by atoms with Gasteiger partial charge in [0.15, 0.2) is 0 Å². The number of piperazine rings is 1. The zero-order valence-electron chi connectivity index (χ0n) is 14.6. The van der Waals surface area contributed by atoms with E-state index < -0.39 is 11.2 Å². The summed E-state index contributed by atoms with van der Waals surface area (Å²) in [6, 6.07) is 5.47. The molecule has 2 aliphatic rings. The minimum absolute atomic E-state index is 0.125. The van der Waals surface area contributed by atoms with E-state index in [2.05, 4.69) is 4.90 Å². The molecule has 0 aromatic heterocycles. The molecule has 26 heavy (non-hydrogen) atoms. The Hall–Kier alpha value is -1.79. The maximum atomic E-state index is 12.1.